The van der Waals surface area contributed by atoms with E-state index < -0.39 is 0 Å². The van der Waals surface area contributed by atoms with Crippen molar-refractivity contribution in [3.8, 4) is 0 Å². The molecule has 0 saturated heterocycles. The second kappa shape index (κ2) is 1.62. The van der Waals surface area contributed by atoms with Gasteiger partial charge in [0.05, 0.1) is 5.52 Å². The molecule has 2 rings (SSSR count). The van der Waals surface area contributed by atoms with E-state index in [4.69, 9.17) is 0 Å². The van der Waals surface area contributed by atoms with Crippen LogP contribution in [0, 0.1) is 6.07 Å². The smallest absolute Gasteiger partial charge is 0.0534 e. The van der Waals surface area contributed by atoms with Crippen LogP contribution >= 0.6 is 0 Å². The van der Waals surface area contributed by atoms with Crippen LogP contribution in [0.1, 0.15) is 0 Å². The van der Waals surface area contributed by atoms with Crippen molar-refractivity contribution in [3.63, 3.8) is 0 Å². The fraction of sp³-hybridized carbons (Fsp3) is 0. The molecule has 1 aromatic heterocycles. The Balaban J connectivity index is 2.95. The molecule has 1 heterocycles. The molecule has 9 heavy (non-hydrogen) atoms. The lowest BCUT2D eigenvalue weighted by Crippen LogP contribution is -1.62. The molecule has 0 unspecified atom stereocenters. The molecule has 0 saturated carbocycles. The molecular formula is C8H6N. The summed E-state index contributed by atoms with van der Waals surface area (Å²) in [4.78, 5) is 3.06. The van der Waals surface area contributed by atoms with Gasteiger partial charge < -0.3 is 4.98 Å². The third-order valence-electron chi connectivity index (χ3n) is 1.38. The van der Waals surface area contributed by atoms with Gasteiger partial charge in [0.2, 0.25) is 0 Å². The number of aromatic nitrogens is 1. The minimum Gasteiger partial charge on any atom is -0.361 e. The van der Waals surface area contributed by atoms with E-state index in [9.17, 15) is 0 Å². The van der Waals surface area contributed by atoms with E-state index in [-0.39, 0.29) is 0 Å². The summed E-state index contributed by atoms with van der Waals surface area (Å²) in [5.41, 5.74) is 1.08. The van der Waals surface area contributed by atoms with Gasteiger partial charge in [-0.25, -0.2) is 0 Å². The topological polar surface area (TPSA) is 15.8 Å². The standard InChI is InChI=1S/C8H6N/c1-2-4-8-7(3-1)5-6-9-8/h1-3,5-6,9H. The zero-order valence-electron chi connectivity index (χ0n) is 4.89. The summed E-state index contributed by atoms with van der Waals surface area (Å²) in [6.07, 6.45) is 1.92. The fourth-order valence-corrected chi connectivity index (χ4v) is 0.929. The second-order valence-corrected chi connectivity index (χ2v) is 1.98. The highest BCUT2D eigenvalue weighted by atomic mass is 14.6. The van der Waals surface area contributed by atoms with Gasteiger partial charge in [-0.1, -0.05) is 18.2 Å². The Hall–Kier alpha value is -1.24. The van der Waals surface area contributed by atoms with E-state index in [0.717, 1.165) is 5.52 Å². The molecule has 0 fully saturated rings. The van der Waals surface area contributed by atoms with Crippen LogP contribution in [0.15, 0.2) is 30.5 Å². The van der Waals surface area contributed by atoms with Crippen molar-refractivity contribution >= 4 is 10.9 Å². The highest BCUT2D eigenvalue weighted by Crippen LogP contribution is 2.08. The lowest BCUT2D eigenvalue weighted by molar-refractivity contribution is 1.47. The normalized spacial score (nSPS) is 10.2. The molecule has 43 valence electrons. The predicted molar refractivity (Wildman–Crippen MR) is 37.1 cm³/mol. The average molecular weight is 116 g/mol. The Morgan fingerprint density at radius 1 is 1.33 bits per heavy atom. The van der Waals surface area contributed by atoms with Crippen LogP contribution in [0.2, 0.25) is 0 Å². The minimum absolute atomic E-state index is 1.08. The predicted octanol–water partition coefficient (Wildman–Crippen LogP) is 1.97. The van der Waals surface area contributed by atoms with E-state index in [2.05, 4.69) is 17.1 Å². The number of para-hydroxylation sites is 1. The summed E-state index contributed by atoms with van der Waals surface area (Å²) in [6.45, 7) is 0. The summed E-state index contributed by atoms with van der Waals surface area (Å²) in [7, 11) is 0. The molecule has 0 spiro atoms. The SMILES string of the molecule is [c]1cccc2cc[nH]c12. The number of nitrogens with one attached hydrogen (secondary N) is 1. The quantitative estimate of drug-likeness (QED) is 0.541. The van der Waals surface area contributed by atoms with Crippen molar-refractivity contribution in [3.05, 3.63) is 36.5 Å². The van der Waals surface area contributed by atoms with Crippen LogP contribution in [0.3, 0.4) is 0 Å². The molecule has 0 atom stereocenters. The first-order chi connectivity index (χ1) is 4.47. The van der Waals surface area contributed by atoms with Gasteiger partial charge in [0.15, 0.2) is 0 Å². The summed E-state index contributed by atoms with van der Waals surface area (Å²) >= 11 is 0. The number of aromatic amines is 1. The fourth-order valence-electron chi connectivity index (χ4n) is 0.929. The largest absolute Gasteiger partial charge is 0.361 e. The van der Waals surface area contributed by atoms with Gasteiger partial charge in [-0.15, -0.1) is 0 Å². The molecule has 2 aromatic rings. The molecule has 1 heteroatoms. The molecule has 1 aromatic carbocycles. The highest BCUT2D eigenvalue weighted by Gasteiger charge is 1.87. The first-order valence-corrected chi connectivity index (χ1v) is 2.90. The van der Waals surface area contributed by atoms with Crippen molar-refractivity contribution < 1.29 is 0 Å². The Morgan fingerprint density at radius 3 is 3.22 bits per heavy atom. The van der Waals surface area contributed by atoms with Crippen molar-refractivity contribution in [2.24, 2.45) is 0 Å². The first kappa shape index (κ1) is 4.62. The zero-order valence-corrected chi connectivity index (χ0v) is 4.89. The first-order valence-electron chi connectivity index (χ1n) is 2.90. The van der Waals surface area contributed by atoms with Gasteiger partial charge in [0, 0.05) is 12.3 Å². The number of fused-ring (bicyclic) bond motifs is 1. The van der Waals surface area contributed by atoms with Gasteiger partial charge in [-0.2, -0.15) is 0 Å². The Bertz CT molecular complexity index is 279. The van der Waals surface area contributed by atoms with Crippen molar-refractivity contribution in [1.29, 1.82) is 0 Å². The van der Waals surface area contributed by atoms with Crippen LogP contribution in [-0.2, 0) is 0 Å². The highest BCUT2D eigenvalue weighted by molar-refractivity contribution is 5.78. The van der Waals surface area contributed by atoms with E-state index in [1.807, 2.05) is 24.4 Å². The van der Waals surface area contributed by atoms with Crippen molar-refractivity contribution in [2.75, 3.05) is 0 Å². The lowest BCUT2D eigenvalue weighted by Gasteiger charge is -1.82. The van der Waals surface area contributed by atoms with E-state index >= 15 is 0 Å². The average Bonchev–Trinajstić information content (AvgIpc) is 2.33. The molecule has 0 aliphatic carbocycles. The Kier molecular flexibility index (Phi) is 0.833. The van der Waals surface area contributed by atoms with E-state index in [1.54, 1.807) is 0 Å². The molecule has 0 aliphatic rings. The molecular weight excluding hydrogens is 110 g/mol. The van der Waals surface area contributed by atoms with Crippen molar-refractivity contribution in [1.82, 2.24) is 4.98 Å². The molecule has 0 aliphatic heterocycles. The van der Waals surface area contributed by atoms with Gasteiger partial charge in [-0.05, 0) is 11.5 Å². The minimum atomic E-state index is 1.08. The monoisotopic (exact) mass is 116 g/mol. The maximum Gasteiger partial charge on any atom is 0.0534 e. The molecule has 0 amide bonds. The maximum absolute atomic E-state index is 3.08. The van der Waals surface area contributed by atoms with Gasteiger partial charge >= 0.3 is 0 Å². The van der Waals surface area contributed by atoms with Gasteiger partial charge in [-0.3, -0.25) is 0 Å². The van der Waals surface area contributed by atoms with Crippen LogP contribution < -0.4 is 0 Å². The summed E-state index contributed by atoms with van der Waals surface area (Å²) in [5, 5.41) is 1.22. The number of hydrogen-bond acceptors (Lipinski definition) is 0. The van der Waals surface area contributed by atoms with Gasteiger partial charge in [0.25, 0.3) is 0 Å². The Morgan fingerprint density at radius 2 is 2.33 bits per heavy atom. The van der Waals surface area contributed by atoms with Crippen LogP contribution in [0.5, 0.6) is 0 Å². The lowest BCUT2D eigenvalue weighted by atomic mass is 10.3. The second-order valence-electron chi connectivity index (χ2n) is 1.98. The van der Waals surface area contributed by atoms with Crippen molar-refractivity contribution in [2.45, 2.75) is 0 Å². The van der Waals surface area contributed by atoms with Crippen LogP contribution in [0.25, 0.3) is 10.9 Å². The molecule has 1 radical (unpaired) electrons. The number of H-pyrrole nitrogens is 1. The molecule has 0 bridgehead atoms. The van der Waals surface area contributed by atoms with E-state index in [0.29, 0.717) is 0 Å². The third kappa shape index (κ3) is 0.617. The third-order valence-corrected chi connectivity index (χ3v) is 1.38. The summed E-state index contributed by atoms with van der Waals surface area (Å²) < 4.78 is 0. The van der Waals surface area contributed by atoms with Gasteiger partial charge in [0.1, 0.15) is 0 Å². The number of benzene rings is 1. The summed E-state index contributed by atoms with van der Waals surface area (Å²) in [5.74, 6) is 0. The van der Waals surface area contributed by atoms with Crippen LogP contribution in [0.4, 0.5) is 0 Å². The Labute approximate surface area is 53.3 Å². The summed E-state index contributed by atoms with van der Waals surface area (Å²) in [6, 6.07) is 11.1. The number of hydrogen-bond donors (Lipinski definition) is 1. The zero-order chi connectivity index (χ0) is 6.10. The van der Waals surface area contributed by atoms with Crippen LogP contribution in [-0.4, -0.2) is 4.98 Å². The maximum atomic E-state index is 3.08. The van der Waals surface area contributed by atoms with E-state index in [1.165, 1.54) is 5.39 Å². The number of rotatable bonds is 0. The molecule has 1 N–H and O–H groups in total. The molecule has 1 nitrogen and oxygen atoms in total.